The molecule has 2 aliphatic heterocycles. The van der Waals surface area contributed by atoms with Crippen LogP contribution in [0.4, 0.5) is 0 Å². The minimum atomic E-state index is -0.517. The van der Waals surface area contributed by atoms with Crippen LogP contribution >= 0.6 is 0 Å². The van der Waals surface area contributed by atoms with E-state index in [9.17, 15) is 9.59 Å². The monoisotopic (exact) mass is 432 g/mol. The molecule has 0 saturated carbocycles. The van der Waals surface area contributed by atoms with E-state index < -0.39 is 5.60 Å². The van der Waals surface area contributed by atoms with Crippen molar-refractivity contribution in [2.24, 2.45) is 0 Å². The molecule has 6 nitrogen and oxygen atoms in total. The zero-order valence-electron chi connectivity index (χ0n) is 19.1. The van der Waals surface area contributed by atoms with Crippen LogP contribution in [0, 0.1) is 27.7 Å². The largest absolute Gasteiger partial charge is 0.486 e. The van der Waals surface area contributed by atoms with Gasteiger partial charge in [-0.2, -0.15) is 0 Å². The number of piperidine rings is 1. The van der Waals surface area contributed by atoms with E-state index in [0.29, 0.717) is 49.4 Å². The summed E-state index contributed by atoms with van der Waals surface area (Å²) in [5.41, 5.74) is 5.97. The number of carbonyl (C=O) groups is 2. The van der Waals surface area contributed by atoms with Gasteiger partial charge in [-0.05, 0) is 68.1 Å². The van der Waals surface area contributed by atoms with Gasteiger partial charge in [0.2, 0.25) is 5.91 Å². The second-order valence-electron chi connectivity index (χ2n) is 9.46. The SMILES string of the molecule is Cc1cc(C)c2c(CC(=O)N3CCC4(CC3)CC(=O)c3cc(C)c(C)cc3O4)noc2c1. The number of aryl methyl sites for hydroxylation is 4. The number of nitrogens with zero attached hydrogens (tertiary/aromatic N) is 2. The van der Waals surface area contributed by atoms with Crippen LogP contribution in [0.25, 0.3) is 11.0 Å². The molecule has 2 aliphatic rings. The summed E-state index contributed by atoms with van der Waals surface area (Å²) in [5.74, 6) is 0.849. The first kappa shape index (κ1) is 20.7. The molecule has 1 aromatic heterocycles. The van der Waals surface area contributed by atoms with Gasteiger partial charge in [0, 0.05) is 31.3 Å². The van der Waals surface area contributed by atoms with Crippen molar-refractivity contribution in [3.8, 4) is 5.75 Å². The normalized spacial score (nSPS) is 17.5. The summed E-state index contributed by atoms with van der Waals surface area (Å²) < 4.78 is 11.9. The Balaban J connectivity index is 1.29. The fourth-order valence-corrected chi connectivity index (χ4v) is 5.09. The Morgan fingerprint density at radius 3 is 2.50 bits per heavy atom. The van der Waals surface area contributed by atoms with Gasteiger partial charge in [-0.1, -0.05) is 11.2 Å². The molecule has 1 spiro atoms. The molecule has 6 heteroatoms. The van der Waals surface area contributed by atoms with Gasteiger partial charge >= 0.3 is 0 Å². The van der Waals surface area contributed by atoms with Crippen LogP contribution in [0.15, 0.2) is 28.8 Å². The molecule has 0 atom stereocenters. The zero-order valence-corrected chi connectivity index (χ0v) is 19.1. The topological polar surface area (TPSA) is 72.6 Å². The van der Waals surface area contributed by atoms with Gasteiger partial charge in [-0.25, -0.2) is 0 Å². The van der Waals surface area contributed by atoms with Crippen molar-refractivity contribution in [3.63, 3.8) is 0 Å². The van der Waals surface area contributed by atoms with Crippen molar-refractivity contribution < 1.29 is 18.8 Å². The third-order valence-electron chi connectivity index (χ3n) is 7.04. The van der Waals surface area contributed by atoms with Gasteiger partial charge in [0.25, 0.3) is 0 Å². The molecule has 0 radical (unpaired) electrons. The quantitative estimate of drug-likeness (QED) is 0.590. The fraction of sp³-hybridized carbons (Fsp3) is 0.423. The maximum absolute atomic E-state index is 13.0. The van der Waals surface area contributed by atoms with E-state index >= 15 is 0 Å². The highest BCUT2D eigenvalue weighted by molar-refractivity contribution is 6.00. The number of hydrogen-bond acceptors (Lipinski definition) is 5. The molecule has 32 heavy (non-hydrogen) atoms. The average molecular weight is 433 g/mol. The molecular weight excluding hydrogens is 404 g/mol. The second-order valence-corrected chi connectivity index (χ2v) is 9.46. The van der Waals surface area contributed by atoms with Gasteiger partial charge in [0.15, 0.2) is 11.4 Å². The highest BCUT2D eigenvalue weighted by Crippen LogP contribution is 2.40. The number of aromatic nitrogens is 1. The van der Waals surface area contributed by atoms with Crippen LogP contribution in [-0.4, -0.2) is 40.4 Å². The van der Waals surface area contributed by atoms with Crippen LogP contribution in [0.2, 0.25) is 0 Å². The highest BCUT2D eigenvalue weighted by Gasteiger charge is 2.43. The molecule has 0 bridgehead atoms. The first-order valence-corrected chi connectivity index (χ1v) is 11.2. The molecule has 3 heterocycles. The number of ketones is 1. The lowest BCUT2D eigenvalue weighted by atomic mass is 9.82. The summed E-state index contributed by atoms with van der Waals surface area (Å²) in [5, 5.41) is 5.11. The van der Waals surface area contributed by atoms with Crippen LogP contribution in [-0.2, 0) is 11.2 Å². The molecule has 166 valence electrons. The Hall–Kier alpha value is -3.15. The van der Waals surface area contributed by atoms with Gasteiger partial charge in [-0.15, -0.1) is 0 Å². The Kier molecular flexibility index (Phi) is 4.84. The van der Waals surface area contributed by atoms with Gasteiger partial charge in [0.05, 0.1) is 18.4 Å². The second kappa shape index (κ2) is 7.47. The first-order chi connectivity index (χ1) is 15.2. The summed E-state index contributed by atoms with van der Waals surface area (Å²) in [7, 11) is 0. The Morgan fingerprint density at radius 1 is 1.03 bits per heavy atom. The predicted molar refractivity (Wildman–Crippen MR) is 121 cm³/mol. The molecule has 2 aromatic carbocycles. The molecule has 0 aliphatic carbocycles. The lowest BCUT2D eigenvalue weighted by Gasteiger charge is -2.44. The van der Waals surface area contributed by atoms with Gasteiger partial charge in [-0.3, -0.25) is 9.59 Å². The van der Waals surface area contributed by atoms with E-state index in [1.807, 2.05) is 50.8 Å². The third kappa shape index (κ3) is 3.48. The van der Waals surface area contributed by atoms with Crippen molar-refractivity contribution in [2.75, 3.05) is 13.1 Å². The third-order valence-corrected chi connectivity index (χ3v) is 7.04. The van der Waals surface area contributed by atoms with Crippen LogP contribution in [0.5, 0.6) is 5.75 Å². The lowest BCUT2D eigenvalue weighted by Crippen LogP contribution is -2.52. The first-order valence-electron chi connectivity index (χ1n) is 11.2. The van der Waals surface area contributed by atoms with E-state index in [1.54, 1.807) is 0 Å². The number of Topliss-reactive ketones (excluding diaryl/α,β-unsaturated/α-hetero) is 1. The Labute approximate surface area is 187 Å². The summed E-state index contributed by atoms with van der Waals surface area (Å²) >= 11 is 0. The molecule has 0 N–H and O–H groups in total. The number of benzene rings is 2. The summed E-state index contributed by atoms with van der Waals surface area (Å²) in [6.07, 6.45) is 1.88. The Morgan fingerprint density at radius 2 is 1.75 bits per heavy atom. The standard InChI is InChI=1S/C26H28N2O4/c1-15-9-18(4)25-20(27-32-23(25)10-15)13-24(30)28-7-5-26(6-8-28)14-21(29)19-11-16(2)17(3)12-22(19)31-26/h9-12H,5-8,13-14H2,1-4H3. The minimum absolute atomic E-state index is 0.0315. The van der Waals surface area contributed by atoms with Crippen LogP contribution in [0.3, 0.4) is 0 Å². The molecule has 1 fully saturated rings. The van der Waals surface area contributed by atoms with Crippen molar-refractivity contribution >= 4 is 22.7 Å². The number of likely N-dealkylation sites (tertiary alicyclic amines) is 1. The molecule has 0 unspecified atom stereocenters. The van der Waals surface area contributed by atoms with Crippen molar-refractivity contribution in [1.82, 2.24) is 10.1 Å². The number of hydrogen-bond donors (Lipinski definition) is 0. The molecule has 1 saturated heterocycles. The van der Waals surface area contributed by atoms with E-state index in [4.69, 9.17) is 9.26 Å². The zero-order chi connectivity index (χ0) is 22.6. The Bertz CT molecular complexity index is 1250. The number of fused-ring (bicyclic) bond motifs is 2. The van der Waals surface area contributed by atoms with E-state index in [-0.39, 0.29) is 18.1 Å². The average Bonchev–Trinajstić information content (AvgIpc) is 3.13. The van der Waals surface area contributed by atoms with Crippen molar-refractivity contribution in [2.45, 2.75) is 59.0 Å². The molecular formula is C26H28N2O4. The number of amides is 1. The fourth-order valence-electron chi connectivity index (χ4n) is 5.09. The lowest BCUT2D eigenvalue weighted by molar-refractivity contribution is -0.134. The predicted octanol–water partition coefficient (Wildman–Crippen LogP) is 4.63. The molecule has 1 amide bonds. The van der Waals surface area contributed by atoms with Gasteiger partial charge < -0.3 is 14.2 Å². The number of ether oxygens (including phenoxy) is 1. The van der Waals surface area contributed by atoms with E-state index in [0.717, 1.165) is 33.2 Å². The van der Waals surface area contributed by atoms with Crippen LogP contribution < -0.4 is 4.74 Å². The van der Waals surface area contributed by atoms with E-state index in [1.165, 1.54) is 0 Å². The minimum Gasteiger partial charge on any atom is -0.486 e. The van der Waals surface area contributed by atoms with E-state index in [2.05, 4.69) is 11.2 Å². The number of carbonyl (C=O) groups excluding carboxylic acids is 2. The maximum atomic E-state index is 13.0. The maximum Gasteiger partial charge on any atom is 0.228 e. The summed E-state index contributed by atoms with van der Waals surface area (Å²) in [6.45, 7) is 9.22. The summed E-state index contributed by atoms with van der Waals surface area (Å²) in [6, 6.07) is 7.94. The van der Waals surface area contributed by atoms with Crippen molar-refractivity contribution in [1.29, 1.82) is 0 Å². The number of rotatable bonds is 2. The van der Waals surface area contributed by atoms with Gasteiger partial charge in [0.1, 0.15) is 17.0 Å². The molecule has 5 rings (SSSR count). The molecule has 3 aromatic rings. The van der Waals surface area contributed by atoms with Crippen molar-refractivity contribution in [3.05, 3.63) is 57.8 Å². The summed E-state index contributed by atoms with van der Waals surface area (Å²) in [4.78, 5) is 27.8. The smallest absolute Gasteiger partial charge is 0.228 e. The highest BCUT2D eigenvalue weighted by atomic mass is 16.5. The van der Waals surface area contributed by atoms with Crippen LogP contribution in [0.1, 0.15) is 57.6 Å².